The molecule has 0 aliphatic rings. The van der Waals surface area contributed by atoms with Crippen LogP contribution in [0.5, 0.6) is 0 Å². The van der Waals surface area contributed by atoms with E-state index in [0.29, 0.717) is 12.5 Å². The number of nitrogens with one attached hydrogen (secondary N) is 1. The average Bonchev–Trinajstić information content (AvgIpc) is 2.53. The van der Waals surface area contributed by atoms with Crippen LogP contribution in [0.4, 0.5) is 5.69 Å². The minimum Gasteiger partial charge on any atom is -0.370 e. The number of hydrogen-bond acceptors (Lipinski definition) is 2. The van der Waals surface area contributed by atoms with Gasteiger partial charge in [-0.3, -0.25) is 0 Å². The average molecular weight is 310 g/mol. The molecule has 4 nitrogen and oxygen atoms in total. The van der Waals surface area contributed by atoms with E-state index in [1.807, 2.05) is 12.1 Å². The van der Waals surface area contributed by atoms with E-state index in [0.717, 1.165) is 24.2 Å². The van der Waals surface area contributed by atoms with Crippen LogP contribution >= 0.6 is 0 Å². The molecule has 2 aromatic rings. The summed E-state index contributed by atoms with van der Waals surface area (Å²) in [5, 5.41) is 3.13. The molecule has 0 fully saturated rings. The first-order valence-corrected chi connectivity index (χ1v) is 7.95. The summed E-state index contributed by atoms with van der Waals surface area (Å²) < 4.78 is 0. The van der Waals surface area contributed by atoms with Gasteiger partial charge in [0.25, 0.3) is 0 Å². The third kappa shape index (κ3) is 5.75. The molecule has 0 saturated heterocycles. The van der Waals surface area contributed by atoms with E-state index < -0.39 is 0 Å². The highest BCUT2D eigenvalue weighted by Gasteiger charge is 1.99. The normalized spacial score (nSPS) is 11.7. The number of aryl methyl sites for hydroxylation is 1. The van der Waals surface area contributed by atoms with Crippen molar-refractivity contribution in [3.8, 4) is 0 Å². The molecule has 0 atom stereocenters. The second-order valence-corrected chi connectivity index (χ2v) is 5.93. The molecule has 0 spiro atoms. The minimum atomic E-state index is 0.437. The van der Waals surface area contributed by atoms with Gasteiger partial charge in [-0.1, -0.05) is 43.3 Å². The fourth-order valence-corrected chi connectivity index (χ4v) is 2.38. The Morgan fingerprint density at radius 2 is 1.74 bits per heavy atom. The Morgan fingerprint density at radius 3 is 2.39 bits per heavy atom. The molecular formula is C19H26N4. The fourth-order valence-electron chi connectivity index (χ4n) is 2.38. The number of anilines is 1. The molecule has 0 radical (unpaired) electrons. The summed E-state index contributed by atoms with van der Waals surface area (Å²) in [4.78, 5) is 6.57. The van der Waals surface area contributed by atoms with E-state index in [2.05, 4.69) is 72.6 Å². The van der Waals surface area contributed by atoms with E-state index in [1.54, 1.807) is 0 Å². The first-order chi connectivity index (χ1) is 11.1. The second kappa shape index (κ2) is 8.34. The Bertz CT molecular complexity index is 645. The minimum absolute atomic E-state index is 0.437. The number of nitrogens with zero attached hydrogens (tertiary/aromatic N) is 2. The van der Waals surface area contributed by atoms with Crippen molar-refractivity contribution >= 4 is 11.6 Å². The molecular weight excluding hydrogens is 284 g/mol. The lowest BCUT2D eigenvalue weighted by molar-refractivity contribution is 0.402. The quantitative estimate of drug-likeness (QED) is 0.636. The predicted octanol–water partition coefficient (Wildman–Crippen LogP) is 3.24. The molecule has 0 heterocycles. The molecule has 0 aromatic heterocycles. The number of rotatable bonds is 6. The lowest BCUT2D eigenvalue weighted by atomic mass is 10.1. The van der Waals surface area contributed by atoms with Gasteiger partial charge in [0.1, 0.15) is 0 Å². The topological polar surface area (TPSA) is 53.6 Å². The Morgan fingerprint density at radius 1 is 1.04 bits per heavy atom. The molecule has 2 rings (SSSR count). The maximum atomic E-state index is 5.97. The Hall–Kier alpha value is -2.33. The first kappa shape index (κ1) is 17.0. The van der Waals surface area contributed by atoms with Gasteiger partial charge in [0.05, 0.1) is 6.54 Å². The highest BCUT2D eigenvalue weighted by Crippen LogP contribution is 2.11. The zero-order valence-corrected chi connectivity index (χ0v) is 14.2. The zero-order chi connectivity index (χ0) is 16.7. The number of benzene rings is 2. The van der Waals surface area contributed by atoms with Crippen molar-refractivity contribution in [2.24, 2.45) is 10.7 Å². The standard InChI is InChI=1S/C19H26N4/c1-4-15-8-10-18(11-9-15)22-19(20)21-13-16-6-5-7-17(12-16)14-23(2)3/h5-12H,4,13-14H2,1-3H3,(H3,20,21,22). The van der Waals surface area contributed by atoms with Crippen LogP contribution < -0.4 is 11.1 Å². The summed E-state index contributed by atoms with van der Waals surface area (Å²) in [5.74, 6) is 0.437. The third-order valence-corrected chi connectivity index (χ3v) is 3.56. The smallest absolute Gasteiger partial charge is 0.193 e. The van der Waals surface area contributed by atoms with E-state index in [-0.39, 0.29) is 0 Å². The Kier molecular flexibility index (Phi) is 6.18. The van der Waals surface area contributed by atoms with Crippen LogP contribution in [0.2, 0.25) is 0 Å². The molecule has 23 heavy (non-hydrogen) atoms. The Balaban J connectivity index is 1.95. The predicted molar refractivity (Wildman–Crippen MR) is 98.6 cm³/mol. The second-order valence-electron chi connectivity index (χ2n) is 5.93. The molecule has 0 amide bonds. The molecule has 0 aliphatic heterocycles. The number of hydrogen-bond donors (Lipinski definition) is 2. The van der Waals surface area contributed by atoms with Gasteiger partial charge in [0.15, 0.2) is 5.96 Å². The van der Waals surface area contributed by atoms with Crippen molar-refractivity contribution in [2.75, 3.05) is 19.4 Å². The van der Waals surface area contributed by atoms with E-state index >= 15 is 0 Å². The maximum absolute atomic E-state index is 5.97. The molecule has 122 valence electrons. The Labute approximate surface area is 139 Å². The summed E-state index contributed by atoms with van der Waals surface area (Å²) in [6, 6.07) is 16.7. The monoisotopic (exact) mass is 310 g/mol. The van der Waals surface area contributed by atoms with Gasteiger partial charge in [0, 0.05) is 12.2 Å². The first-order valence-electron chi connectivity index (χ1n) is 7.95. The molecule has 0 unspecified atom stereocenters. The molecule has 0 aliphatic carbocycles. The van der Waals surface area contributed by atoms with Crippen LogP contribution in [0.1, 0.15) is 23.6 Å². The molecule has 2 aromatic carbocycles. The van der Waals surface area contributed by atoms with Crippen LogP contribution in [-0.2, 0) is 19.5 Å². The zero-order valence-electron chi connectivity index (χ0n) is 14.2. The van der Waals surface area contributed by atoms with Crippen LogP contribution in [0.25, 0.3) is 0 Å². The van der Waals surface area contributed by atoms with Crippen LogP contribution in [-0.4, -0.2) is 25.0 Å². The largest absolute Gasteiger partial charge is 0.370 e. The summed E-state index contributed by atoms with van der Waals surface area (Å²) in [7, 11) is 4.13. The van der Waals surface area contributed by atoms with Gasteiger partial charge in [-0.15, -0.1) is 0 Å². The van der Waals surface area contributed by atoms with Crippen molar-refractivity contribution in [3.05, 3.63) is 65.2 Å². The van der Waals surface area contributed by atoms with Gasteiger partial charge in [-0.2, -0.15) is 0 Å². The van der Waals surface area contributed by atoms with E-state index in [4.69, 9.17) is 5.73 Å². The summed E-state index contributed by atoms with van der Waals surface area (Å²) in [6.45, 7) is 3.64. The van der Waals surface area contributed by atoms with Crippen LogP contribution in [0, 0.1) is 0 Å². The number of guanidine groups is 1. The van der Waals surface area contributed by atoms with Gasteiger partial charge in [-0.25, -0.2) is 4.99 Å². The lowest BCUT2D eigenvalue weighted by Crippen LogP contribution is -2.22. The van der Waals surface area contributed by atoms with Crippen molar-refractivity contribution in [3.63, 3.8) is 0 Å². The summed E-state index contributed by atoms with van der Waals surface area (Å²) in [5.41, 5.74) is 10.7. The molecule has 4 heteroatoms. The number of aliphatic imine (C=N–C) groups is 1. The third-order valence-electron chi connectivity index (χ3n) is 3.56. The lowest BCUT2D eigenvalue weighted by Gasteiger charge is -2.10. The highest BCUT2D eigenvalue weighted by molar-refractivity contribution is 5.92. The summed E-state index contributed by atoms with van der Waals surface area (Å²) in [6.07, 6.45) is 1.03. The number of nitrogens with two attached hydrogens (primary N) is 1. The van der Waals surface area contributed by atoms with Crippen LogP contribution in [0.3, 0.4) is 0 Å². The molecule has 3 N–H and O–H groups in total. The van der Waals surface area contributed by atoms with Crippen molar-refractivity contribution in [1.29, 1.82) is 0 Å². The SMILES string of the molecule is CCc1ccc(NC(N)=NCc2cccc(CN(C)C)c2)cc1. The molecule has 0 bridgehead atoms. The van der Waals surface area contributed by atoms with Crippen molar-refractivity contribution in [1.82, 2.24) is 4.90 Å². The van der Waals surface area contributed by atoms with Gasteiger partial charge < -0.3 is 16.0 Å². The van der Waals surface area contributed by atoms with Gasteiger partial charge in [0.2, 0.25) is 0 Å². The van der Waals surface area contributed by atoms with Gasteiger partial charge in [-0.05, 0) is 49.3 Å². The van der Waals surface area contributed by atoms with Gasteiger partial charge >= 0.3 is 0 Å². The highest BCUT2D eigenvalue weighted by atomic mass is 15.1. The van der Waals surface area contributed by atoms with Crippen molar-refractivity contribution in [2.45, 2.75) is 26.4 Å². The molecule has 0 saturated carbocycles. The fraction of sp³-hybridized carbons (Fsp3) is 0.316. The van der Waals surface area contributed by atoms with Crippen LogP contribution in [0.15, 0.2) is 53.5 Å². The van der Waals surface area contributed by atoms with Crippen molar-refractivity contribution < 1.29 is 0 Å². The maximum Gasteiger partial charge on any atom is 0.193 e. The van der Waals surface area contributed by atoms with E-state index in [9.17, 15) is 0 Å². The van der Waals surface area contributed by atoms with E-state index in [1.165, 1.54) is 11.1 Å². The summed E-state index contributed by atoms with van der Waals surface area (Å²) >= 11 is 0.